The number of halogens is 2. The van der Waals surface area contributed by atoms with Gasteiger partial charge in [-0.3, -0.25) is 9.20 Å². The summed E-state index contributed by atoms with van der Waals surface area (Å²) in [6, 6.07) is 5.56. The molecule has 0 aromatic carbocycles. The molecule has 2 atom stereocenters. The van der Waals surface area contributed by atoms with E-state index < -0.39 is 12.1 Å². The molecule has 0 spiro atoms. The molecule has 1 saturated carbocycles. The van der Waals surface area contributed by atoms with Crippen LogP contribution in [0.15, 0.2) is 29.0 Å². The molecule has 1 N–H and O–H groups in total. The highest BCUT2D eigenvalue weighted by atomic mass is 79.9. The molecule has 4 nitrogen and oxygen atoms in total. The number of aromatic nitrogens is 2. The third kappa shape index (κ3) is 1.93. The van der Waals surface area contributed by atoms with Crippen molar-refractivity contribution in [3.05, 3.63) is 29.0 Å². The number of carbonyl (C=O) groups excluding carboxylic acids is 1. The number of alkyl halides is 1. The van der Waals surface area contributed by atoms with Crippen LogP contribution in [-0.2, 0) is 4.79 Å². The molecule has 1 amide bonds. The Morgan fingerprint density at radius 1 is 1.59 bits per heavy atom. The van der Waals surface area contributed by atoms with Crippen LogP contribution in [0.4, 0.5) is 10.2 Å². The SMILES string of the molecule is O=C(Nc1cn2c(Br)cccc2n1)[C@H]1C[C@@H]1F. The Kier molecular flexibility index (Phi) is 2.39. The van der Waals surface area contributed by atoms with Crippen LogP contribution >= 0.6 is 15.9 Å². The average molecular weight is 298 g/mol. The summed E-state index contributed by atoms with van der Waals surface area (Å²) in [6.07, 6.45) is 1.04. The monoisotopic (exact) mass is 297 g/mol. The number of anilines is 1. The van der Waals surface area contributed by atoms with Crippen LogP contribution in [0.25, 0.3) is 5.65 Å². The summed E-state index contributed by atoms with van der Waals surface area (Å²) < 4.78 is 15.3. The Hall–Kier alpha value is -1.43. The van der Waals surface area contributed by atoms with Crippen molar-refractivity contribution in [2.75, 3.05) is 5.32 Å². The first-order valence-corrected chi connectivity index (χ1v) is 6.03. The number of carbonyl (C=O) groups is 1. The van der Waals surface area contributed by atoms with E-state index in [-0.39, 0.29) is 5.91 Å². The summed E-state index contributed by atoms with van der Waals surface area (Å²) in [5.41, 5.74) is 0.724. The predicted molar refractivity (Wildman–Crippen MR) is 64.5 cm³/mol. The van der Waals surface area contributed by atoms with Gasteiger partial charge in [0.15, 0.2) is 5.82 Å². The summed E-state index contributed by atoms with van der Waals surface area (Å²) >= 11 is 3.38. The first-order chi connectivity index (χ1) is 8.15. The molecular weight excluding hydrogens is 289 g/mol. The smallest absolute Gasteiger partial charge is 0.231 e. The fraction of sp³-hybridized carbons (Fsp3) is 0.273. The first-order valence-electron chi connectivity index (χ1n) is 5.24. The molecule has 1 fully saturated rings. The van der Waals surface area contributed by atoms with Crippen LogP contribution in [-0.4, -0.2) is 21.5 Å². The molecule has 1 aliphatic carbocycles. The van der Waals surface area contributed by atoms with Crippen molar-refractivity contribution in [1.29, 1.82) is 0 Å². The lowest BCUT2D eigenvalue weighted by molar-refractivity contribution is -0.117. The van der Waals surface area contributed by atoms with Crippen molar-refractivity contribution in [2.45, 2.75) is 12.6 Å². The van der Waals surface area contributed by atoms with Gasteiger partial charge in [0.25, 0.3) is 0 Å². The molecule has 17 heavy (non-hydrogen) atoms. The zero-order valence-corrected chi connectivity index (χ0v) is 10.3. The second kappa shape index (κ2) is 3.80. The van der Waals surface area contributed by atoms with E-state index in [2.05, 4.69) is 26.2 Å². The van der Waals surface area contributed by atoms with Gasteiger partial charge in [-0.15, -0.1) is 0 Å². The number of rotatable bonds is 2. The van der Waals surface area contributed by atoms with Gasteiger partial charge >= 0.3 is 0 Å². The summed E-state index contributed by atoms with van der Waals surface area (Å²) in [5.74, 6) is -0.346. The first kappa shape index (κ1) is 10.7. The zero-order chi connectivity index (χ0) is 12.0. The molecule has 1 aliphatic rings. The van der Waals surface area contributed by atoms with Gasteiger partial charge in [-0.1, -0.05) is 6.07 Å². The maximum atomic E-state index is 12.7. The number of nitrogens with zero attached hydrogens (tertiary/aromatic N) is 2. The number of nitrogens with one attached hydrogen (secondary N) is 1. The number of hydrogen-bond acceptors (Lipinski definition) is 2. The largest absolute Gasteiger partial charge is 0.309 e. The van der Waals surface area contributed by atoms with Crippen molar-refractivity contribution < 1.29 is 9.18 Å². The summed E-state index contributed by atoms with van der Waals surface area (Å²) in [7, 11) is 0. The molecule has 2 heterocycles. The number of pyridine rings is 1. The van der Waals surface area contributed by atoms with Crippen molar-refractivity contribution in [3.63, 3.8) is 0 Å². The van der Waals surface area contributed by atoms with Crippen LogP contribution in [0.2, 0.25) is 0 Å². The summed E-state index contributed by atoms with van der Waals surface area (Å²) in [4.78, 5) is 15.8. The molecule has 0 aliphatic heterocycles. The lowest BCUT2D eigenvalue weighted by Crippen LogP contribution is -2.15. The third-order valence-electron chi connectivity index (χ3n) is 2.74. The minimum Gasteiger partial charge on any atom is -0.309 e. The molecule has 0 radical (unpaired) electrons. The van der Waals surface area contributed by atoms with Crippen molar-refractivity contribution in [1.82, 2.24) is 9.38 Å². The topological polar surface area (TPSA) is 46.4 Å². The Morgan fingerprint density at radius 2 is 2.35 bits per heavy atom. The molecule has 0 unspecified atom stereocenters. The second-order valence-corrected chi connectivity index (χ2v) is 4.86. The number of hydrogen-bond donors (Lipinski definition) is 1. The molecule has 3 rings (SSSR count). The van der Waals surface area contributed by atoms with Gasteiger partial charge in [0.2, 0.25) is 5.91 Å². The molecule has 0 saturated heterocycles. The number of amides is 1. The second-order valence-electron chi connectivity index (χ2n) is 4.05. The van der Waals surface area contributed by atoms with Gasteiger partial charge in [-0.05, 0) is 34.5 Å². The maximum Gasteiger partial charge on any atom is 0.231 e. The van der Waals surface area contributed by atoms with E-state index in [1.54, 1.807) is 10.6 Å². The highest BCUT2D eigenvalue weighted by Crippen LogP contribution is 2.34. The van der Waals surface area contributed by atoms with E-state index in [0.29, 0.717) is 12.2 Å². The Morgan fingerprint density at radius 3 is 3.00 bits per heavy atom. The van der Waals surface area contributed by atoms with Crippen LogP contribution in [0.1, 0.15) is 6.42 Å². The number of imidazole rings is 1. The minimum absolute atomic E-state index is 0.294. The van der Waals surface area contributed by atoms with Crippen LogP contribution in [0, 0.1) is 5.92 Å². The Balaban J connectivity index is 1.86. The molecular formula is C11H9BrFN3O. The van der Waals surface area contributed by atoms with E-state index in [1.807, 2.05) is 18.2 Å². The predicted octanol–water partition coefficient (Wildman–Crippen LogP) is 2.39. The van der Waals surface area contributed by atoms with Gasteiger partial charge in [0.1, 0.15) is 11.8 Å². The average Bonchev–Trinajstić information content (AvgIpc) is 2.87. The normalized spacial score (nSPS) is 22.7. The standard InChI is InChI=1S/C11H9BrFN3O/c12-8-2-1-3-10-14-9(5-16(8)10)15-11(17)6-4-7(6)13/h1-3,5-7H,4H2,(H,15,17)/t6-,7-/m0/s1. The summed E-state index contributed by atoms with van der Waals surface area (Å²) in [5, 5.41) is 2.62. The fourth-order valence-corrected chi connectivity index (χ4v) is 2.13. The Bertz CT molecular complexity index is 597. The van der Waals surface area contributed by atoms with Gasteiger partial charge in [-0.25, -0.2) is 9.37 Å². The quantitative estimate of drug-likeness (QED) is 0.865. The molecule has 0 bridgehead atoms. The third-order valence-corrected chi connectivity index (χ3v) is 3.39. The van der Waals surface area contributed by atoms with Gasteiger partial charge in [0.05, 0.1) is 16.7 Å². The molecule has 2 aromatic rings. The lowest BCUT2D eigenvalue weighted by atomic mass is 10.4. The molecule has 6 heteroatoms. The lowest BCUT2D eigenvalue weighted by Gasteiger charge is -1.97. The van der Waals surface area contributed by atoms with E-state index in [0.717, 1.165) is 10.3 Å². The van der Waals surface area contributed by atoms with Gasteiger partial charge in [0, 0.05) is 0 Å². The zero-order valence-electron chi connectivity index (χ0n) is 8.73. The maximum absolute atomic E-state index is 12.7. The Labute approximate surface area is 105 Å². The fourth-order valence-electron chi connectivity index (χ4n) is 1.69. The molecule has 2 aromatic heterocycles. The van der Waals surface area contributed by atoms with Crippen molar-refractivity contribution in [3.8, 4) is 0 Å². The van der Waals surface area contributed by atoms with Crippen molar-refractivity contribution in [2.24, 2.45) is 5.92 Å². The highest BCUT2D eigenvalue weighted by molar-refractivity contribution is 9.10. The van der Waals surface area contributed by atoms with E-state index >= 15 is 0 Å². The molecule has 88 valence electrons. The minimum atomic E-state index is -0.987. The van der Waals surface area contributed by atoms with Gasteiger partial charge < -0.3 is 5.32 Å². The van der Waals surface area contributed by atoms with Crippen LogP contribution in [0.3, 0.4) is 0 Å². The van der Waals surface area contributed by atoms with E-state index in [9.17, 15) is 9.18 Å². The van der Waals surface area contributed by atoms with Crippen LogP contribution < -0.4 is 5.32 Å². The summed E-state index contributed by atoms with van der Waals surface area (Å²) in [6.45, 7) is 0. The van der Waals surface area contributed by atoms with Crippen LogP contribution in [0.5, 0.6) is 0 Å². The van der Waals surface area contributed by atoms with Gasteiger partial charge in [-0.2, -0.15) is 0 Å². The van der Waals surface area contributed by atoms with Crippen molar-refractivity contribution >= 4 is 33.3 Å². The highest BCUT2D eigenvalue weighted by Gasteiger charge is 2.43. The van der Waals surface area contributed by atoms with E-state index in [1.165, 1.54) is 0 Å². The number of fused-ring (bicyclic) bond motifs is 1. The van der Waals surface area contributed by atoms with E-state index in [4.69, 9.17) is 0 Å².